The average Bonchev–Trinajstić information content (AvgIpc) is 2.63. The summed E-state index contributed by atoms with van der Waals surface area (Å²) >= 11 is 4.97. The minimum atomic E-state index is -0.500. The third-order valence-corrected chi connectivity index (χ3v) is 2.07. The number of carbonyl (C=O) groups excluding carboxylic acids is 1. The van der Waals surface area contributed by atoms with Crippen LogP contribution in [0.1, 0.15) is 27.7 Å². The summed E-state index contributed by atoms with van der Waals surface area (Å²) in [4.78, 5) is 13.0. The van der Waals surface area contributed by atoms with Crippen molar-refractivity contribution in [3.8, 4) is 0 Å². The van der Waals surface area contributed by atoms with Crippen LogP contribution >= 0.6 is 12.2 Å². The molecule has 7 nitrogen and oxygen atoms in total. The molecule has 0 saturated carbocycles. The number of nitrogens with zero attached hydrogens (tertiary/aromatic N) is 4. The zero-order chi connectivity index (χ0) is 13.1. The van der Waals surface area contributed by atoms with Gasteiger partial charge < -0.3 is 5.32 Å². The topological polar surface area (TPSA) is 84.7 Å². The molecule has 0 atom stereocenters. The number of tetrazole rings is 1. The highest BCUT2D eigenvalue weighted by Gasteiger charge is 2.22. The van der Waals surface area contributed by atoms with Crippen LogP contribution in [0.15, 0.2) is 0 Å². The zero-order valence-corrected chi connectivity index (χ0v) is 11.1. The molecular formula is C9H16N6OS. The fraction of sp³-hybridized carbons (Fsp3) is 0.667. The largest absolute Gasteiger partial charge is 0.302 e. The Balaban J connectivity index is 2.53. The van der Waals surface area contributed by atoms with Gasteiger partial charge in [0.2, 0.25) is 5.91 Å². The van der Waals surface area contributed by atoms with Crippen LogP contribution in [-0.4, -0.2) is 31.2 Å². The summed E-state index contributed by atoms with van der Waals surface area (Å²) in [5.41, 5.74) is -0.500. The van der Waals surface area contributed by atoms with E-state index in [-0.39, 0.29) is 17.0 Å². The van der Waals surface area contributed by atoms with Crippen LogP contribution in [0.4, 0.5) is 5.95 Å². The van der Waals surface area contributed by atoms with Crippen LogP contribution in [0.3, 0.4) is 0 Å². The summed E-state index contributed by atoms with van der Waals surface area (Å²) in [5, 5.41) is 16.9. The minimum absolute atomic E-state index is 0.167. The van der Waals surface area contributed by atoms with Gasteiger partial charge >= 0.3 is 0 Å². The molecule has 1 aromatic rings. The molecule has 1 amide bonds. The molecule has 1 rings (SSSR count). The second-order valence-corrected chi connectivity index (χ2v) is 4.87. The molecule has 0 saturated heterocycles. The highest BCUT2D eigenvalue weighted by Crippen LogP contribution is 2.12. The monoisotopic (exact) mass is 256 g/mol. The lowest BCUT2D eigenvalue weighted by Crippen LogP contribution is -2.41. The van der Waals surface area contributed by atoms with Gasteiger partial charge in [-0.15, -0.1) is 5.10 Å². The van der Waals surface area contributed by atoms with Gasteiger partial charge in [0.15, 0.2) is 5.11 Å². The Bertz CT molecular complexity index is 421. The lowest BCUT2D eigenvalue weighted by atomic mass is 9.96. The van der Waals surface area contributed by atoms with Crippen molar-refractivity contribution in [2.24, 2.45) is 5.41 Å². The summed E-state index contributed by atoms with van der Waals surface area (Å²) < 4.78 is 0. The van der Waals surface area contributed by atoms with Gasteiger partial charge in [0.05, 0.1) is 6.54 Å². The van der Waals surface area contributed by atoms with Crippen LogP contribution in [0.2, 0.25) is 0 Å². The Morgan fingerprint density at radius 3 is 2.59 bits per heavy atom. The molecule has 0 bridgehead atoms. The van der Waals surface area contributed by atoms with Crippen molar-refractivity contribution in [1.29, 1.82) is 0 Å². The van der Waals surface area contributed by atoms with E-state index in [0.717, 1.165) is 0 Å². The van der Waals surface area contributed by atoms with Gasteiger partial charge in [-0.25, -0.2) is 0 Å². The van der Waals surface area contributed by atoms with Crippen LogP contribution in [-0.2, 0) is 11.3 Å². The molecule has 2 N–H and O–H groups in total. The van der Waals surface area contributed by atoms with Gasteiger partial charge in [-0.05, 0) is 24.4 Å². The maximum Gasteiger partial charge on any atom is 0.269 e. The summed E-state index contributed by atoms with van der Waals surface area (Å²) in [6, 6.07) is 0. The van der Waals surface area contributed by atoms with E-state index in [4.69, 9.17) is 12.2 Å². The lowest BCUT2D eigenvalue weighted by Gasteiger charge is -2.17. The van der Waals surface area contributed by atoms with Gasteiger partial charge in [0.25, 0.3) is 5.95 Å². The number of hydrogen-bond donors (Lipinski definition) is 2. The molecule has 0 aliphatic heterocycles. The lowest BCUT2D eigenvalue weighted by molar-refractivity contribution is -0.126. The first-order valence-corrected chi connectivity index (χ1v) is 5.64. The van der Waals surface area contributed by atoms with E-state index in [9.17, 15) is 4.79 Å². The quantitative estimate of drug-likeness (QED) is 0.752. The zero-order valence-electron chi connectivity index (χ0n) is 10.3. The molecule has 1 heterocycles. The second-order valence-electron chi connectivity index (χ2n) is 4.46. The van der Waals surface area contributed by atoms with Gasteiger partial charge in [-0.1, -0.05) is 25.9 Å². The molecule has 0 aromatic carbocycles. The Kier molecular flexibility index (Phi) is 4.11. The molecule has 1 aromatic heterocycles. The molecule has 94 valence electrons. The smallest absolute Gasteiger partial charge is 0.269 e. The van der Waals surface area contributed by atoms with E-state index in [1.165, 1.54) is 4.80 Å². The van der Waals surface area contributed by atoms with Crippen molar-refractivity contribution in [2.75, 3.05) is 5.32 Å². The van der Waals surface area contributed by atoms with Crippen molar-refractivity contribution >= 4 is 29.2 Å². The maximum atomic E-state index is 11.6. The summed E-state index contributed by atoms with van der Waals surface area (Å²) in [5.74, 6) is 0.101. The molecule has 0 spiro atoms. The van der Waals surface area contributed by atoms with E-state index >= 15 is 0 Å². The first-order chi connectivity index (χ1) is 7.82. The van der Waals surface area contributed by atoms with Crippen LogP contribution in [0.5, 0.6) is 0 Å². The number of amides is 1. The van der Waals surface area contributed by atoms with Crippen molar-refractivity contribution in [3.63, 3.8) is 0 Å². The number of hydrogen-bond acceptors (Lipinski definition) is 5. The van der Waals surface area contributed by atoms with Gasteiger partial charge in [0, 0.05) is 5.41 Å². The predicted octanol–water partition coefficient (Wildman–Crippen LogP) is 0.552. The van der Waals surface area contributed by atoms with Crippen molar-refractivity contribution < 1.29 is 4.79 Å². The van der Waals surface area contributed by atoms with E-state index < -0.39 is 5.41 Å². The summed E-state index contributed by atoms with van der Waals surface area (Å²) in [7, 11) is 0. The van der Waals surface area contributed by atoms with Crippen LogP contribution in [0.25, 0.3) is 0 Å². The van der Waals surface area contributed by atoms with Crippen LogP contribution < -0.4 is 10.6 Å². The molecule has 0 aliphatic carbocycles. The van der Waals surface area contributed by atoms with E-state index in [1.54, 1.807) is 20.8 Å². The minimum Gasteiger partial charge on any atom is -0.302 e. The van der Waals surface area contributed by atoms with Crippen molar-refractivity contribution in [3.05, 3.63) is 0 Å². The number of anilines is 1. The number of rotatable bonds is 2. The average molecular weight is 256 g/mol. The Labute approximate surface area is 105 Å². The number of nitrogens with one attached hydrogen (secondary N) is 2. The molecule has 0 fully saturated rings. The van der Waals surface area contributed by atoms with Gasteiger partial charge in [-0.2, -0.15) is 4.80 Å². The summed E-state index contributed by atoms with van der Waals surface area (Å²) in [6.07, 6.45) is 0. The highest BCUT2D eigenvalue weighted by atomic mass is 32.1. The van der Waals surface area contributed by atoms with E-state index in [0.29, 0.717) is 6.54 Å². The third kappa shape index (κ3) is 4.06. The molecule has 0 unspecified atom stereocenters. The third-order valence-electron chi connectivity index (χ3n) is 1.87. The van der Waals surface area contributed by atoms with E-state index in [1.807, 2.05) is 6.92 Å². The molecule has 0 radical (unpaired) electrons. The first kappa shape index (κ1) is 13.5. The van der Waals surface area contributed by atoms with Crippen LogP contribution in [0, 0.1) is 5.41 Å². The normalized spacial score (nSPS) is 11.1. The number of aryl methyl sites for hydroxylation is 1. The van der Waals surface area contributed by atoms with Gasteiger partial charge in [0.1, 0.15) is 0 Å². The Hall–Kier alpha value is -1.57. The Morgan fingerprint density at radius 2 is 2.12 bits per heavy atom. The van der Waals surface area contributed by atoms with Gasteiger partial charge in [-0.3, -0.25) is 10.1 Å². The first-order valence-electron chi connectivity index (χ1n) is 5.23. The fourth-order valence-electron chi connectivity index (χ4n) is 0.851. The van der Waals surface area contributed by atoms with E-state index in [2.05, 4.69) is 26.0 Å². The van der Waals surface area contributed by atoms with Crippen molar-refractivity contribution in [2.45, 2.75) is 34.2 Å². The summed E-state index contributed by atoms with van der Waals surface area (Å²) in [6.45, 7) is 7.92. The Morgan fingerprint density at radius 1 is 1.47 bits per heavy atom. The fourth-order valence-corrected chi connectivity index (χ4v) is 1.03. The predicted molar refractivity (Wildman–Crippen MR) is 67.3 cm³/mol. The standard InChI is InChI=1S/C9H16N6OS/c1-5-15-13-7(12-14-15)11-8(17)10-6(16)9(2,3)4/h5H2,1-4H3,(H2,10,11,13,16,17). The second kappa shape index (κ2) is 5.17. The SMILES string of the molecule is CCn1nnc(NC(=S)NC(=O)C(C)(C)C)n1. The highest BCUT2D eigenvalue weighted by molar-refractivity contribution is 7.80. The molecular weight excluding hydrogens is 240 g/mol. The molecule has 8 heteroatoms. The number of aromatic nitrogens is 4. The van der Waals surface area contributed by atoms with Crippen molar-refractivity contribution in [1.82, 2.24) is 25.5 Å². The molecule has 0 aliphatic rings. The number of thiocarbonyl (C=S) groups is 1. The molecule has 17 heavy (non-hydrogen) atoms. The maximum absolute atomic E-state index is 11.6. The number of carbonyl (C=O) groups is 1.